The monoisotopic (exact) mass is 697 g/mol. The van der Waals surface area contributed by atoms with E-state index in [1.165, 1.54) is 23.1 Å². The molecule has 1 atom stereocenters. The maximum atomic E-state index is 13.6. The zero-order valence-electron chi connectivity index (χ0n) is 27.7. The van der Waals surface area contributed by atoms with E-state index in [-0.39, 0.29) is 18.2 Å². The average Bonchev–Trinajstić information content (AvgIpc) is 3.49. The first-order chi connectivity index (χ1) is 23.8. The summed E-state index contributed by atoms with van der Waals surface area (Å²) in [6.45, 7) is 3.96. The van der Waals surface area contributed by atoms with Crippen molar-refractivity contribution in [1.82, 2.24) is 5.32 Å². The van der Waals surface area contributed by atoms with Crippen LogP contribution in [0.3, 0.4) is 0 Å². The van der Waals surface area contributed by atoms with Gasteiger partial charge < -0.3 is 25.4 Å². The van der Waals surface area contributed by atoms with Gasteiger partial charge in [-0.05, 0) is 98.7 Å². The van der Waals surface area contributed by atoms with E-state index >= 15 is 0 Å². The van der Waals surface area contributed by atoms with Crippen molar-refractivity contribution in [2.45, 2.75) is 56.1 Å². The number of esters is 1. The number of anilines is 2. The third kappa shape index (κ3) is 9.18. The van der Waals surface area contributed by atoms with Crippen LogP contribution in [0.25, 0.3) is 6.08 Å². The van der Waals surface area contributed by atoms with Crippen molar-refractivity contribution in [2.75, 3.05) is 24.4 Å². The lowest BCUT2D eigenvalue weighted by Crippen LogP contribution is -2.30. The molecule has 0 aliphatic heterocycles. The van der Waals surface area contributed by atoms with Gasteiger partial charge in [0, 0.05) is 21.0 Å². The number of carbonyl (C=O) groups is 4. The van der Waals surface area contributed by atoms with Crippen molar-refractivity contribution in [1.29, 1.82) is 0 Å². The molecule has 3 amide bonds. The smallest absolute Gasteiger partial charge is 0.341 e. The van der Waals surface area contributed by atoms with Gasteiger partial charge in [0.1, 0.15) is 16.4 Å². The Morgan fingerprint density at radius 2 is 1.67 bits per heavy atom. The molecule has 0 spiro atoms. The number of thioether (sulfide) groups is 1. The largest absolute Gasteiger partial charge is 0.497 e. The molecule has 1 unspecified atom stereocenters. The Hall–Kier alpha value is -4.87. The van der Waals surface area contributed by atoms with Crippen molar-refractivity contribution in [3.05, 3.63) is 112 Å². The minimum Gasteiger partial charge on any atom is -0.497 e. The molecule has 1 aromatic heterocycles. The van der Waals surface area contributed by atoms with Gasteiger partial charge in [-0.25, -0.2) is 4.79 Å². The van der Waals surface area contributed by atoms with Gasteiger partial charge in [-0.1, -0.05) is 43.3 Å². The van der Waals surface area contributed by atoms with Crippen molar-refractivity contribution in [2.24, 2.45) is 0 Å². The molecule has 0 fully saturated rings. The number of amides is 3. The number of carbonyl (C=O) groups excluding carboxylic acids is 4. The summed E-state index contributed by atoms with van der Waals surface area (Å²) in [5, 5.41) is 8.76. The summed E-state index contributed by atoms with van der Waals surface area (Å²) in [6.07, 6.45) is 5.88. The molecule has 1 heterocycles. The van der Waals surface area contributed by atoms with Crippen molar-refractivity contribution >= 4 is 63.6 Å². The number of aryl methyl sites for hydroxylation is 1. The summed E-state index contributed by atoms with van der Waals surface area (Å²) in [7, 11) is 1.57. The summed E-state index contributed by atoms with van der Waals surface area (Å²) < 4.78 is 10.6. The summed E-state index contributed by atoms with van der Waals surface area (Å²) in [6, 6.07) is 23.0. The number of ether oxygens (including phenoxy) is 2. The molecule has 4 aromatic rings. The minimum atomic E-state index is -0.514. The Kier molecular flexibility index (Phi) is 12.3. The number of rotatable bonds is 13. The Labute approximate surface area is 294 Å². The standard InChI is InChI=1S/C38H39N3O6S2/c1-4-31(36(44)41-37-33(38(45)47-5-2)29-16-9-10-17-32(29)49-37)48-28-15-11-14-26(23-28)39-35(43)30(22-24-18-20-27(46-3)21-19-24)40-34(42)25-12-7-6-8-13-25/h6-8,11-15,18-23,31H,4-5,9-10,16-17H2,1-3H3,(H,39,43)(H,40,42)(H,41,44)/b30-22+. The van der Waals surface area contributed by atoms with E-state index in [4.69, 9.17) is 9.47 Å². The first-order valence-electron chi connectivity index (χ1n) is 16.2. The van der Waals surface area contributed by atoms with Gasteiger partial charge in [-0.3, -0.25) is 14.4 Å². The highest BCUT2D eigenvalue weighted by molar-refractivity contribution is 8.00. The van der Waals surface area contributed by atoms with Gasteiger partial charge in [0.2, 0.25) is 5.91 Å². The van der Waals surface area contributed by atoms with Crippen LogP contribution in [0.2, 0.25) is 0 Å². The van der Waals surface area contributed by atoms with Crippen LogP contribution in [0.15, 0.2) is 89.5 Å². The summed E-state index contributed by atoms with van der Waals surface area (Å²) in [5.41, 5.74) is 3.13. The van der Waals surface area contributed by atoms with Gasteiger partial charge in [0.25, 0.3) is 11.8 Å². The quantitative estimate of drug-likeness (QED) is 0.0743. The van der Waals surface area contributed by atoms with Crippen molar-refractivity contribution < 1.29 is 28.7 Å². The Bertz CT molecular complexity index is 1840. The highest BCUT2D eigenvalue weighted by Gasteiger charge is 2.29. The molecule has 49 heavy (non-hydrogen) atoms. The summed E-state index contributed by atoms with van der Waals surface area (Å²) in [5.74, 6) is -0.880. The fourth-order valence-corrected chi connectivity index (χ4v) is 7.70. The molecule has 11 heteroatoms. The van der Waals surface area contributed by atoms with Crippen LogP contribution in [-0.4, -0.2) is 42.7 Å². The molecule has 5 rings (SSSR count). The third-order valence-corrected chi connectivity index (χ3v) is 10.4. The number of nitrogens with one attached hydrogen (secondary N) is 3. The maximum Gasteiger partial charge on any atom is 0.341 e. The first-order valence-corrected chi connectivity index (χ1v) is 17.9. The van der Waals surface area contributed by atoms with E-state index in [0.717, 1.165) is 41.0 Å². The lowest BCUT2D eigenvalue weighted by molar-refractivity contribution is -0.116. The van der Waals surface area contributed by atoms with E-state index in [9.17, 15) is 19.2 Å². The summed E-state index contributed by atoms with van der Waals surface area (Å²) in [4.78, 5) is 55.0. The first kappa shape index (κ1) is 35.4. The number of hydrogen-bond donors (Lipinski definition) is 3. The van der Waals surface area contributed by atoms with Gasteiger partial charge in [0.05, 0.1) is 24.5 Å². The topological polar surface area (TPSA) is 123 Å². The molecule has 0 bridgehead atoms. The Balaban J connectivity index is 1.31. The van der Waals surface area contributed by atoms with Crippen LogP contribution in [0.4, 0.5) is 10.7 Å². The molecule has 254 valence electrons. The number of hydrogen-bond acceptors (Lipinski definition) is 8. The molecule has 9 nitrogen and oxygen atoms in total. The SMILES string of the molecule is CCOC(=O)c1c(NC(=O)C(CC)Sc2cccc(NC(=O)/C(=C\c3ccc(OC)cc3)NC(=O)c3ccccc3)c2)sc2c1CCCC2. The number of methoxy groups -OCH3 is 1. The van der Waals surface area contributed by atoms with E-state index in [1.54, 1.807) is 86.8 Å². The van der Waals surface area contributed by atoms with Gasteiger partial charge in [0.15, 0.2) is 0 Å². The zero-order chi connectivity index (χ0) is 34.8. The molecular formula is C38H39N3O6S2. The fraction of sp³-hybridized carbons (Fsp3) is 0.263. The van der Waals surface area contributed by atoms with E-state index in [1.807, 2.05) is 19.1 Å². The maximum absolute atomic E-state index is 13.6. The molecule has 0 radical (unpaired) electrons. The van der Waals surface area contributed by atoms with E-state index in [0.29, 0.717) is 39.5 Å². The second kappa shape index (κ2) is 17.0. The molecule has 1 aliphatic rings. The minimum absolute atomic E-state index is 0.0546. The molecule has 0 saturated heterocycles. The predicted molar refractivity (Wildman–Crippen MR) is 195 cm³/mol. The van der Waals surface area contributed by atoms with Crippen molar-refractivity contribution in [3.63, 3.8) is 0 Å². The summed E-state index contributed by atoms with van der Waals surface area (Å²) >= 11 is 2.83. The Morgan fingerprint density at radius 1 is 0.918 bits per heavy atom. The van der Waals surface area contributed by atoms with Crippen LogP contribution in [0, 0.1) is 0 Å². The van der Waals surface area contributed by atoms with E-state index in [2.05, 4.69) is 16.0 Å². The molecule has 0 saturated carbocycles. The molecule has 3 aromatic carbocycles. The van der Waals surface area contributed by atoms with Gasteiger partial charge in [-0.15, -0.1) is 23.1 Å². The average molecular weight is 698 g/mol. The third-order valence-electron chi connectivity index (χ3n) is 7.88. The molecular weight excluding hydrogens is 659 g/mol. The van der Waals surface area contributed by atoms with Gasteiger partial charge >= 0.3 is 5.97 Å². The molecule has 1 aliphatic carbocycles. The van der Waals surface area contributed by atoms with Crippen molar-refractivity contribution in [3.8, 4) is 5.75 Å². The van der Waals surface area contributed by atoms with Gasteiger partial charge in [-0.2, -0.15) is 0 Å². The lowest BCUT2D eigenvalue weighted by Gasteiger charge is -2.16. The second-order valence-corrected chi connectivity index (χ2v) is 13.7. The predicted octanol–water partition coefficient (Wildman–Crippen LogP) is 7.73. The van der Waals surface area contributed by atoms with E-state index < -0.39 is 23.0 Å². The Morgan fingerprint density at radius 3 is 2.39 bits per heavy atom. The number of thiophene rings is 1. The number of benzene rings is 3. The molecule has 3 N–H and O–H groups in total. The van der Waals surface area contributed by atoms with Crippen LogP contribution in [0.1, 0.15) is 69.8 Å². The highest BCUT2D eigenvalue weighted by Crippen LogP contribution is 2.39. The van der Waals surface area contributed by atoms with Crippen LogP contribution >= 0.6 is 23.1 Å². The lowest BCUT2D eigenvalue weighted by atomic mass is 9.95. The van der Waals surface area contributed by atoms with Crippen LogP contribution < -0.4 is 20.7 Å². The highest BCUT2D eigenvalue weighted by atomic mass is 32.2. The number of fused-ring (bicyclic) bond motifs is 1. The normalized spacial score (nSPS) is 13.1. The second-order valence-electron chi connectivity index (χ2n) is 11.3. The fourth-order valence-electron chi connectivity index (χ4n) is 5.41. The van der Waals surface area contributed by atoms with Crippen LogP contribution in [0.5, 0.6) is 5.75 Å². The van der Waals surface area contributed by atoms with Crippen LogP contribution in [-0.2, 0) is 27.2 Å². The zero-order valence-corrected chi connectivity index (χ0v) is 29.3.